The molecule has 3 heteroatoms. The van der Waals surface area contributed by atoms with Gasteiger partial charge >= 0.3 is 0 Å². The Morgan fingerprint density at radius 1 is 1.29 bits per heavy atom. The lowest BCUT2D eigenvalue weighted by atomic mass is 9.94. The highest BCUT2D eigenvalue weighted by Gasteiger charge is 2.45. The van der Waals surface area contributed by atoms with Crippen LogP contribution in [0.3, 0.4) is 0 Å². The van der Waals surface area contributed by atoms with Crippen LogP contribution in [0.2, 0.25) is 0 Å². The van der Waals surface area contributed by atoms with Crippen LogP contribution in [0, 0.1) is 5.92 Å². The second-order valence-electron chi connectivity index (χ2n) is 6.91. The molecule has 0 bridgehead atoms. The summed E-state index contributed by atoms with van der Waals surface area (Å²) >= 11 is 0. The normalized spacial score (nSPS) is 28.6. The first-order valence-corrected chi connectivity index (χ1v) is 6.74. The summed E-state index contributed by atoms with van der Waals surface area (Å²) in [5, 5.41) is 13.3. The third-order valence-electron chi connectivity index (χ3n) is 3.42. The molecule has 102 valence electrons. The van der Waals surface area contributed by atoms with Crippen molar-refractivity contribution in [3.05, 3.63) is 0 Å². The topological polar surface area (TPSA) is 41.5 Å². The Labute approximate surface area is 106 Å². The maximum absolute atomic E-state index is 9.88. The van der Waals surface area contributed by atoms with E-state index in [9.17, 15) is 5.11 Å². The largest absolute Gasteiger partial charge is 0.392 e. The van der Waals surface area contributed by atoms with Crippen LogP contribution in [0.25, 0.3) is 0 Å². The number of hydrogen-bond donors (Lipinski definition) is 2. The van der Waals surface area contributed by atoms with E-state index in [2.05, 4.69) is 46.9 Å². The lowest BCUT2D eigenvalue weighted by molar-refractivity contribution is -0.0702. The summed E-state index contributed by atoms with van der Waals surface area (Å²) in [7, 11) is 0. The van der Waals surface area contributed by atoms with E-state index in [4.69, 9.17) is 4.74 Å². The summed E-state index contributed by atoms with van der Waals surface area (Å²) in [4.78, 5) is 0. The highest BCUT2D eigenvalue weighted by atomic mass is 16.5. The minimum atomic E-state index is -0.255. The summed E-state index contributed by atoms with van der Waals surface area (Å²) in [6.07, 6.45) is 1.59. The average Bonchev–Trinajstić information content (AvgIpc) is 2.29. The van der Waals surface area contributed by atoms with E-state index in [1.807, 2.05) is 0 Å². The molecule has 1 fully saturated rings. The quantitative estimate of drug-likeness (QED) is 0.778. The van der Waals surface area contributed by atoms with Gasteiger partial charge in [-0.25, -0.2) is 0 Å². The van der Waals surface area contributed by atoms with Crippen LogP contribution in [0.4, 0.5) is 0 Å². The molecule has 3 nitrogen and oxygen atoms in total. The molecule has 0 saturated carbocycles. The van der Waals surface area contributed by atoms with E-state index in [1.165, 1.54) is 0 Å². The smallest absolute Gasteiger partial charge is 0.0787 e. The fourth-order valence-corrected chi connectivity index (χ4v) is 2.79. The van der Waals surface area contributed by atoms with Crippen molar-refractivity contribution in [3.8, 4) is 0 Å². The van der Waals surface area contributed by atoms with Crippen LogP contribution in [0.1, 0.15) is 54.4 Å². The number of rotatable bonds is 5. The Morgan fingerprint density at radius 2 is 1.88 bits per heavy atom. The Hall–Kier alpha value is -0.120. The summed E-state index contributed by atoms with van der Waals surface area (Å²) in [6.45, 7) is 13.4. The summed E-state index contributed by atoms with van der Waals surface area (Å²) in [5.74, 6) is 0.538. The highest BCUT2D eigenvalue weighted by Crippen LogP contribution is 2.37. The van der Waals surface area contributed by atoms with Crippen LogP contribution in [0.15, 0.2) is 0 Å². The van der Waals surface area contributed by atoms with Gasteiger partial charge in [-0.05, 0) is 46.5 Å². The van der Waals surface area contributed by atoms with E-state index in [0.717, 1.165) is 12.8 Å². The standard InChI is InChI=1S/C14H29NO2/c1-10(2)7-11(16)9-15-12-8-13(3,4)17-14(12,5)6/h10-12,15-16H,7-9H2,1-6H3. The number of ether oxygens (including phenoxy) is 1. The van der Waals surface area contributed by atoms with Gasteiger partial charge in [-0.2, -0.15) is 0 Å². The minimum absolute atomic E-state index is 0.0653. The molecule has 0 amide bonds. The van der Waals surface area contributed by atoms with Crippen molar-refractivity contribution in [2.75, 3.05) is 6.54 Å². The van der Waals surface area contributed by atoms with Crippen LogP contribution in [0.5, 0.6) is 0 Å². The first-order chi connectivity index (χ1) is 7.62. The van der Waals surface area contributed by atoms with Gasteiger partial charge in [0.15, 0.2) is 0 Å². The average molecular weight is 243 g/mol. The molecule has 2 atom stereocenters. The molecule has 0 aliphatic carbocycles. The van der Waals surface area contributed by atoms with Gasteiger partial charge in [0, 0.05) is 12.6 Å². The van der Waals surface area contributed by atoms with E-state index in [-0.39, 0.29) is 17.3 Å². The summed E-state index contributed by atoms with van der Waals surface area (Å²) in [6, 6.07) is 0.319. The summed E-state index contributed by atoms with van der Waals surface area (Å²) < 4.78 is 6.02. The molecule has 1 aliphatic rings. The van der Waals surface area contributed by atoms with Crippen molar-refractivity contribution in [1.29, 1.82) is 0 Å². The minimum Gasteiger partial charge on any atom is -0.392 e. The predicted molar refractivity (Wildman–Crippen MR) is 71.1 cm³/mol. The van der Waals surface area contributed by atoms with Crippen LogP contribution < -0.4 is 5.32 Å². The van der Waals surface area contributed by atoms with E-state index in [0.29, 0.717) is 18.5 Å². The number of hydrogen-bond acceptors (Lipinski definition) is 3. The third kappa shape index (κ3) is 4.57. The molecule has 0 aromatic carbocycles. The molecule has 1 rings (SSSR count). The molecule has 1 heterocycles. The maximum Gasteiger partial charge on any atom is 0.0787 e. The first-order valence-electron chi connectivity index (χ1n) is 6.74. The van der Waals surface area contributed by atoms with Crippen molar-refractivity contribution < 1.29 is 9.84 Å². The number of aliphatic hydroxyl groups excluding tert-OH is 1. The fraction of sp³-hybridized carbons (Fsp3) is 1.00. The van der Waals surface area contributed by atoms with Crippen molar-refractivity contribution in [2.45, 2.75) is 77.7 Å². The zero-order valence-corrected chi connectivity index (χ0v) is 12.2. The molecular weight excluding hydrogens is 214 g/mol. The van der Waals surface area contributed by atoms with Crippen molar-refractivity contribution in [2.24, 2.45) is 5.92 Å². The third-order valence-corrected chi connectivity index (χ3v) is 3.42. The second-order valence-corrected chi connectivity index (χ2v) is 6.91. The molecule has 1 aliphatic heterocycles. The molecule has 1 saturated heterocycles. The lowest BCUT2D eigenvalue weighted by Crippen LogP contribution is -2.46. The van der Waals surface area contributed by atoms with Crippen molar-refractivity contribution in [3.63, 3.8) is 0 Å². The molecule has 0 aromatic heterocycles. The molecule has 0 radical (unpaired) electrons. The predicted octanol–water partition coefficient (Wildman–Crippen LogP) is 2.33. The van der Waals surface area contributed by atoms with Gasteiger partial charge in [0.25, 0.3) is 0 Å². The van der Waals surface area contributed by atoms with Crippen molar-refractivity contribution >= 4 is 0 Å². The van der Waals surface area contributed by atoms with E-state index >= 15 is 0 Å². The van der Waals surface area contributed by atoms with E-state index < -0.39 is 0 Å². The molecule has 0 spiro atoms. The van der Waals surface area contributed by atoms with Crippen LogP contribution >= 0.6 is 0 Å². The Bertz CT molecular complexity index is 249. The second kappa shape index (κ2) is 5.25. The van der Waals surface area contributed by atoms with E-state index in [1.54, 1.807) is 0 Å². The molecule has 2 unspecified atom stereocenters. The monoisotopic (exact) mass is 243 g/mol. The van der Waals surface area contributed by atoms with Crippen LogP contribution in [-0.4, -0.2) is 35.0 Å². The highest BCUT2D eigenvalue weighted by molar-refractivity contribution is 4.99. The van der Waals surface area contributed by atoms with Crippen LogP contribution in [-0.2, 0) is 4.74 Å². The maximum atomic E-state index is 9.88. The van der Waals surface area contributed by atoms with Gasteiger partial charge in [0.2, 0.25) is 0 Å². The van der Waals surface area contributed by atoms with Gasteiger partial charge < -0.3 is 15.2 Å². The van der Waals surface area contributed by atoms with Gasteiger partial charge in [-0.15, -0.1) is 0 Å². The molecule has 2 N–H and O–H groups in total. The Kier molecular flexibility index (Phi) is 4.61. The molecule has 0 aromatic rings. The molecular formula is C14H29NO2. The number of aliphatic hydroxyl groups is 1. The lowest BCUT2D eigenvalue weighted by Gasteiger charge is -2.28. The van der Waals surface area contributed by atoms with Crippen molar-refractivity contribution in [1.82, 2.24) is 5.32 Å². The SMILES string of the molecule is CC(C)CC(O)CNC1CC(C)(C)OC1(C)C. The fourth-order valence-electron chi connectivity index (χ4n) is 2.79. The first kappa shape index (κ1) is 14.9. The van der Waals surface area contributed by atoms with Gasteiger partial charge in [0.05, 0.1) is 17.3 Å². The number of nitrogens with one attached hydrogen (secondary N) is 1. The Balaban J connectivity index is 2.42. The van der Waals surface area contributed by atoms with Gasteiger partial charge in [-0.1, -0.05) is 13.8 Å². The Morgan fingerprint density at radius 3 is 2.29 bits per heavy atom. The zero-order valence-electron chi connectivity index (χ0n) is 12.2. The molecule has 17 heavy (non-hydrogen) atoms. The van der Waals surface area contributed by atoms with Gasteiger partial charge in [0.1, 0.15) is 0 Å². The summed E-state index contributed by atoms with van der Waals surface area (Å²) in [5.41, 5.74) is -0.217. The zero-order chi connectivity index (χ0) is 13.3. The van der Waals surface area contributed by atoms with Gasteiger partial charge in [-0.3, -0.25) is 0 Å².